The first-order valence-corrected chi connectivity index (χ1v) is 6.60. The molecule has 0 saturated heterocycles. The summed E-state index contributed by atoms with van der Waals surface area (Å²) in [6.45, 7) is 4.47. The summed E-state index contributed by atoms with van der Waals surface area (Å²) in [6.07, 6.45) is 0.515. The van der Waals surface area contributed by atoms with Gasteiger partial charge in [0.05, 0.1) is 5.69 Å². The molecular weight excluding hydrogens is 266 g/mol. The van der Waals surface area contributed by atoms with Crippen LogP contribution < -0.4 is 5.69 Å². The van der Waals surface area contributed by atoms with Crippen LogP contribution in [0.15, 0.2) is 29.1 Å². The fraction of sp³-hybridized carbons (Fsp3) is 0.385. The molecule has 0 aliphatic carbocycles. The third kappa shape index (κ3) is 2.88. The van der Waals surface area contributed by atoms with Gasteiger partial charge in [-0.15, -0.1) is 0 Å². The summed E-state index contributed by atoms with van der Waals surface area (Å²) in [5.41, 5.74) is 0.384. The monoisotopic (exact) mass is 281 g/mol. The van der Waals surface area contributed by atoms with Gasteiger partial charge in [0, 0.05) is 11.6 Å². The Labute approximate surface area is 116 Å². The highest BCUT2D eigenvalue weighted by Crippen LogP contribution is 2.21. The van der Waals surface area contributed by atoms with Crippen molar-refractivity contribution in [1.82, 2.24) is 14.8 Å². The minimum Gasteiger partial charge on any atom is -0.370 e. The van der Waals surface area contributed by atoms with Crippen LogP contribution in [0.1, 0.15) is 32.2 Å². The highest BCUT2D eigenvalue weighted by molar-refractivity contribution is 6.30. The molecule has 0 unspecified atom stereocenters. The standard InChI is InChI=1S/C13H16ClN3O2/c1-3-11(19-4-2)12-15-16-13(18)17(12)10-7-5-6-9(14)8-10/h5-8,11H,3-4H2,1-2H3,(H,16,18)/t11-/m1/s1. The lowest BCUT2D eigenvalue weighted by atomic mass is 10.2. The highest BCUT2D eigenvalue weighted by Gasteiger charge is 2.19. The number of ether oxygens (including phenoxy) is 1. The van der Waals surface area contributed by atoms with E-state index >= 15 is 0 Å². The number of hydrogen-bond donors (Lipinski definition) is 1. The lowest BCUT2D eigenvalue weighted by Crippen LogP contribution is -2.19. The first kappa shape index (κ1) is 13.8. The number of benzene rings is 1. The summed E-state index contributed by atoms with van der Waals surface area (Å²) in [5.74, 6) is 0.566. The molecule has 6 heteroatoms. The molecule has 1 N–H and O–H groups in total. The van der Waals surface area contributed by atoms with Crippen molar-refractivity contribution in [3.63, 3.8) is 0 Å². The molecule has 0 bridgehead atoms. The van der Waals surface area contributed by atoms with Crippen LogP contribution in [0.4, 0.5) is 0 Å². The number of rotatable bonds is 5. The zero-order chi connectivity index (χ0) is 13.8. The Kier molecular flexibility index (Phi) is 4.39. The van der Waals surface area contributed by atoms with E-state index < -0.39 is 0 Å². The molecule has 0 radical (unpaired) electrons. The predicted molar refractivity (Wildman–Crippen MR) is 73.9 cm³/mol. The van der Waals surface area contributed by atoms with Crippen LogP contribution in [0.2, 0.25) is 5.02 Å². The molecule has 0 aliphatic heterocycles. The molecule has 1 aromatic heterocycles. The Hall–Kier alpha value is -1.59. The van der Waals surface area contributed by atoms with Gasteiger partial charge < -0.3 is 4.74 Å². The maximum Gasteiger partial charge on any atom is 0.348 e. The van der Waals surface area contributed by atoms with E-state index in [0.717, 1.165) is 6.42 Å². The number of halogens is 1. The van der Waals surface area contributed by atoms with Gasteiger partial charge in [-0.1, -0.05) is 24.6 Å². The number of aromatic amines is 1. The lowest BCUT2D eigenvalue weighted by molar-refractivity contribution is 0.0521. The Morgan fingerprint density at radius 1 is 1.47 bits per heavy atom. The van der Waals surface area contributed by atoms with E-state index in [1.807, 2.05) is 19.9 Å². The van der Waals surface area contributed by atoms with Crippen molar-refractivity contribution in [1.29, 1.82) is 0 Å². The molecule has 19 heavy (non-hydrogen) atoms. The number of nitrogens with zero attached hydrogens (tertiary/aromatic N) is 2. The minimum atomic E-state index is -0.296. The first-order chi connectivity index (χ1) is 9.17. The van der Waals surface area contributed by atoms with Crippen LogP contribution in [-0.2, 0) is 4.74 Å². The van der Waals surface area contributed by atoms with E-state index in [1.165, 1.54) is 4.57 Å². The maximum absolute atomic E-state index is 11.9. The zero-order valence-electron chi connectivity index (χ0n) is 10.9. The molecular formula is C13H16ClN3O2. The summed E-state index contributed by atoms with van der Waals surface area (Å²) in [5, 5.41) is 7.10. The van der Waals surface area contributed by atoms with Crippen molar-refractivity contribution < 1.29 is 4.74 Å². The molecule has 1 atom stereocenters. The molecule has 2 aromatic rings. The summed E-state index contributed by atoms with van der Waals surface area (Å²) in [7, 11) is 0. The van der Waals surface area contributed by atoms with E-state index in [-0.39, 0.29) is 11.8 Å². The van der Waals surface area contributed by atoms with Crippen LogP contribution in [0.25, 0.3) is 5.69 Å². The average molecular weight is 282 g/mol. The normalized spacial score (nSPS) is 12.6. The van der Waals surface area contributed by atoms with Gasteiger partial charge in [0.25, 0.3) is 0 Å². The highest BCUT2D eigenvalue weighted by atomic mass is 35.5. The maximum atomic E-state index is 11.9. The summed E-state index contributed by atoms with van der Waals surface area (Å²) in [4.78, 5) is 11.9. The van der Waals surface area contributed by atoms with Gasteiger partial charge in [-0.2, -0.15) is 5.10 Å². The van der Waals surface area contributed by atoms with Gasteiger partial charge in [0.15, 0.2) is 5.82 Å². The van der Waals surface area contributed by atoms with Gasteiger partial charge in [-0.3, -0.25) is 0 Å². The molecule has 0 aliphatic rings. The number of hydrogen-bond acceptors (Lipinski definition) is 3. The smallest absolute Gasteiger partial charge is 0.348 e. The van der Waals surface area contributed by atoms with E-state index in [4.69, 9.17) is 16.3 Å². The van der Waals surface area contributed by atoms with Crippen LogP contribution in [0.5, 0.6) is 0 Å². The minimum absolute atomic E-state index is 0.220. The Bertz CT molecular complexity index is 606. The molecule has 0 spiro atoms. The molecule has 102 valence electrons. The second kappa shape index (κ2) is 6.04. The summed E-state index contributed by atoms with van der Waals surface area (Å²) >= 11 is 5.96. The topological polar surface area (TPSA) is 59.9 Å². The van der Waals surface area contributed by atoms with Gasteiger partial charge in [0.1, 0.15) is 6.10 Å². The van der Waals surface area contributed by atoms with Gasteiger partial charge in [-0.25, -0.2) is 14.5 Å². The van der Waals surface area contributed by atoms with E-state index in [9.17, 15) is 4.79 Å². The lowest BCUT2D eigenvalue weighted by Gasteiger charge is -2.15. The van der Waals surface area contributed by atoms with Gasteiger partial charge in [-0.05, 0) is 31.5 Å². The van der Waals surface area contributed by atoms with Crippen molar-refractivity contribution in [3.05, 3.63) is 45.6 Å². The van der Waals surface area contributed by atoms with Crippen molar-refractivity contribution in [2.24, 2.45) is 0 Å². The van der Waals surface area contributed by atoms with Gasteiger partial charge in [0.2, 0.25) is 0 Å². The van der Waals surface area contributed by atoms with E-state index in [2.05, 4.69) is 10.2 Å². The first-order valence-electron chi connectivity index (χ1n) is 6.22. The fourth-order valence-electron chi connectivity index (χ4n) is 1.97. The second-order valence-corrected chi connectivity index (χ2v) is 4.49. The molecule has 0 amide bonds. The largest absolute Gasteiger partial charge is 0.370 e. The Morgan fingerprint density at radius 2 is 2.26 bits per heavy atom. The van der Waals surface area contributed by atoms with Gasteiger partial charge >= 0.3 is 5.69 Å². The summed E-state index contributed by atoms with van der Waals surface area (Å²) < 4.78 is 7.10. The Balaban J connectivity index is 2.51. The Morgan fingerprint density at radius 3 is 2.89 bits per heavy atom. The molecule has 1 aromatic carbocycles. The average Bonchev–Trinajstić information content (AvgIpc) is 2.77. The van der Waals surface area contributed by atoms with Crippen molar-refractivity contribution >= 4 is 11.6 Å². The fourth-order valence-corrected chi connectivity index (χ4v) is 2.15. The van der Waals surface area contributed by atoms with E-state index in [0.29, 0.717) is 23.1 Å². The summed E-state index contributed by atoms with van der Waals surface area (Å²) in [6, 6.07) is 7.09. The predicted octanol–water partition coefficient (Wildman–Crippen LogP) is 2.70. The van der Waals surface area contributed by atoms with Crippen molar-refractivity contribution in [3.8, 4) is 5.69 Å². The van der Waals surface area contributed by atoms with Crippen LogP contribution in [0.3, 0.4) is 0 Å². The zero-order valence-corrected chi connectivity index (χ0v) is 11.6. The quantitative estimate of drug-likeness (QED) is 0.917. The third-order valence-corrected chi connectivity index (χ3v) is 3.03. The number of aromatic nitrogens is 3. The third-order valence-electron chi connectivity index (χ3n) is 2.79. The van der Waals surface area contributed by atoms with Crippen LogP contribution >= 0.6 is 11.6 Å². The van der Waals surface area contributed by atoms with Crippen LogP contribution in [0, 0.1) is 0 Å². The van der Waals surface area contributed by atoms with Crippen molar-refractivity contribution in [2.75, 3.05) is 6.61 Å². The molecule has 5 nitrogen and oxygen atoms in total. The molecule has 0 saturated carbocycles. The number of nitrogens with one attached hydrogen (secondary N) is 1. The van der Waals surface area contributed by atoms with Crippen molar-refractivity contribution in [2.45, 2.75) is 26.4 Å². The molecule has 1 heterocycles. The molecule has 2 rings (SSSR count). The molecule has 0 fully saturated rings. The second-order valence-electron chi connectivity index (χ2n) is 4.05. The van der Waals surface area contributed by atoms with Crippen LogP contribution in [-0.4, -0.2) is 21.4 Å². The van der Waals surface area contributed by atoms with E-state index in [1.54, 1.807) is 18.2 Å². The SMILES string of the molecule is CCO[C@H](CC)c1n[nH]c(=O)n1-c1cccc(Cl)c1. The number of H-pyrrole nitrogens is 1.